The van der Waals surface area contributed by atoms with Gasteiger partial charge < -0.3 is 14.8 Å². The van der Waals surface area contributed by atoms with Crippen LogP contribution in [0.1, 0.15) is 36.6 Å². The van der Waals surface area contributed by atoms with Crippen LogP contribution >= 0.6 is 23.1 Å². The minimum atomic E-state index is -0.431. The van der Waals surface area contributed by atoms with E-state index >= 15 is 0 Å². The predicted octanol–water partition coefficient (Wildman–Crippen LogP) is 5.09. The molecule has 7 nitrogen and oxygen atoms in total. The summed E-state index contributed by atoms with van der Waals surface area (Å²) in [6.45, 7) is 1.81. The Morgan fingerprint density at radius 3 is 2.73 bits per heavy atom. The maximum atomic E-state index is 12.8. The standard InChI is InChI=1S/C24H24N4O3S2/c1-14(33-23-17(12-25)10-15-6-4-5-7-18(15)26-23)22(29)28-24-27-19(13-32-24)16-8-9-20(30-2)21(11-16)31-3/h8-11,13-14H,4-7H2,1-3H3,(H,27,28,29). The molecular formula is C24H24N4O3S2. The van der Waals surface area contributed by atoms with E-state index in [4.69, 9.17) is 14.5 Å². The number of aryl methyl sites for hydroxylation is 2. The average Bonchev–Trinajstić information content (AvgIpc) is 3.31. The number of ether oxygens (including phenoxy) is 2. The lowest BCUT2D eigenvalue weighted by Gasteiger charge is -2.17. The second-order valence-corrected chi connectivity index (χ2v) is 9.81. The summed E-state index contributed by atoms with van der Waals surface area (Å²) in [4.78, 5) is 22.1. The van der Waals surface area contributed by atoms with Crippen molar-refractivity contribution in [2.75, 3.05) is 19.5 Å². The molecule has 33 heavy (non-hydrogen) atoms. The highest BCUT2D eigenvalue weighted by molar-refractivity contribution is 8.00. The third-order valence-electron chi connectivity index (χ3n) is 5.46. The van der Waals surface area contributed by atoms with Crippen molar-refractivity contribution in [3.8, 4) is 28.8 Å². The molecular weight excluding hydrogens is 456 g/mol. The number of thiazole rings is 1. The van der Waals surface area contributed by atoms with E-state index in [-0.39, 0.29) is 5.91 Å². The third-order valence-corrected chi connectivity index (χ3v) is 7.32. The molecule has 0 saturated heterocycles. The summed E-state index contributed by atoms with van der Waals surface area (Å²) < 4.78 is 10.6. The summed E-state index contributed by atoms with van der Waals surface area (Å²) in [6.07, 6.45) is 4.13. The molecule has 1 aliphatic rings. The molecule has 1 aromatic carbocycles. The summed E-state index contributed by atoms with van der Waals surface area (Å²) in [5.41, 5.74) is 4.34. The number of carbonyl (C=O) groups excluding carboxylic acids is 1. The maximum absolute atomic E-state index is 12.8. The summed E-state index contributed by atoms with van der Waals surface area (Å²) in [6, 6.07) is 9.74. The molecule has 170 valence electrons. The zero-order valence-corrected chi connectivity index (χ0v) is 20.3. The van der Waals surface area contributed by atoms with Crippen LogP contribution in [-0.2, 0) is 17.6 Å². The number of rotatable bonds is 7. The van der Waals surface area contributed by atoms with Gasteiger partial charge in [0.2, 0.25) is 5.91 Å². The smallest absolute Gasteiger partial charge is 0.239 e. The van der Waals surface area contributed by atoms with Gasteiger partial charge in [0.25, 0.3) is 0 Å². The number of carbonyl (C=O) groups is 1. The fraction of sp³-hybridized carbons (Fsp3) is 0.333. The van der Waals surface area contributed by atoms with Gasteiger partial charge in [0, 0.05) is 16.6 Å². The van der Waals surface area contributed by atoms with Gasteiger partial charge in [-0.1, -0.05) is 11.8 Å². The molecule has 1 atom stereocenters. The number of hydrogen-bond acceptors (Lipinski definition) is 8. The Morgan fingerprint density at radius 2 is 1.97 bits per heavy atom. The van der Waals surface area contributed by atoms with E-state index in [0.717, 1.165) is 48.2 Å². The summed E-state index contributed by atoms with van der Waals surface area (Å²) in [5, 5.41) is 15.0. The van der Waals surface area contributed by atoms with E-state index in [9.17, 15) is 10.1 Å². The van der Waals surface area contributed by atoms with Crippen molar-refractivity contribution < 1.29 is 14.3 Å². The van der Waals surface area contributed by atoms with Crippen molar-refractivity contribution in [1.29, 1.82) is 5.26 Å². The number of fused-ring (bicyclic) bond motifs is 1. The second-order valence-electron chi connectivity index (χ2n) is 7.62. The first kappa shape index (κ1) is 23.1. The van der Waals surface area contributed by atoms with Crippen LogP contribution in [0.3, 0.4) is 0 Å². The minimum absolute atomic E-state index is 0.184. The van der Waals surface area contributed by atoms with Gasteiger partial charge >= 0.3 is 0 Å². The van der Waals surface area contributed by atoms with Crippen LogP contribution in [0.2, 0.25) is 0 Å². The quantitative estimate of drug-likeness (QED) is 0.470. The topological polar surface area (TPSA) is 97.1 Å². The van der Waals surface area contributed by atoms with Gasteiger partial charge in [0.05, 0.1) is 30.7 Å². The number of aromatic nitrogens is 2. The molecule has 2 aromatic heterocycles. The lowest BCUT2D eigenvalue weighted by Crippen LogP contribution is -2.22. The lowest BCUT2D eigenvalue weighted by atomic mass is 9.95. The molecule has 0 saturated carbocycles. The van der Waals surface area contributed by atoms with Crippen molar-refractivity contribution >= 4 is 34.1 Å². The molecule has 4 rings (SSSR count). The molecule has 0 radical (unpaired) electrons. The molecule has 9 heteroatoms. The largest absolute Gasteiger partial charge is 0.493 e. The number of benzene rings is 1. The van der Waals surface area contributed by atoms with Gasteiger partial charge in [-0.2, -0.15) is 5.26 Å². The number of pyridine rings is 1. The first-order chi connectivity index (χ1) is 16.0. The molecule has 3 aromatic rings. The molecule has 1 unspecified atom stereocenters. The number of nitriles is 1. The van der Waals surface area contributed by atoms with Crippen LogP contribution in [-0.4, -0.2) is 35.3 Å². The predicted molar refractivity (Wildman–Crippen MR) is 130 cm³/mol. The zero-order chi connectivity index (χ0) is 23.4. The van der Waals surface area contributed by atoms with Crippen molar-refractivity contribution in [2.24, 2.45) is 0 Å². The first-order valence-corrected chi connectivity index (χ1v) is 12.4. The van der Waals surface area contributed by atoms with Crippen LogP contribution in [0.4, 0.5) is 5.13 Å². The number of nitrogens with zero attached hydrogens (tertiary/aromatic N) is 3. The molecule has 0 spiro atoms. The highest BCUT2D eigenvalue weighted by atomic mass is 32.2. The van der Waals surface area contributed by atoms with Gasteiger partial charge in [-0.15, -0.1) is 11.3 Å². The minimum Gasteiger partial charge on any atom is -0.493 e. The van der Waals surface area contributed by atoms with Gasteiger partial charge in [0.15, 0.2) is 16.6 Å². The van der Waals surface area contributed by atoms with E-state index in [0.29, 0.717) is 27.2 Å². The maximum Gasteiger partial charge on any atom is 0.239 e. The Bertz CT molecular complexity index is 1220. The SMILES string of the molecule is COc1ccc(-c2csc(NC(=O)C(C)Sc3nc4c(cc3C#N)CCCC4)n2)cc1OC. The van der Waals surface area contributed by atoms with Gasteiger partial charge in [0.1, 0.15) is 11.1 Å². The fourth-order valence-corrected chi connectivity index (χ4v) is 5.29. The third kappa shape index (κ3) is 5.13. The van der Waals surface area contributed by atoms with Crippen molar-refractivity contribution in [1.82, 2.24) is 9.97 Å². The zero-order valence-electron chi connectivity index (χ0n) is 18.7. The van der Waals surface area contributed by atoms with Crippen LogP contribution in [0.25, 0.3) is 11.3 Å². The normalized spacial score (nSPS) is 13.5. The second kappa shape index (κ2) is 10.2. The first-order valence-electron chi connectivity index (χ1n) is 10.6. The van der Waals surface area contributed by atoms with Crippen LogP contribution in [0.5, 0.6) is 11.5 Å². The van der Waals surface area contributed by atoms with Crippen LogP contribution < -0.4 is 14.8 Å². The van der Waals surface area contributed by atoms with E-state index in [1.54, 1.807) is 14.2 Å². The van der Waals surface area contributed by atoms with Crippen molar-refractivity contribution in [2.45, 2.75) is 42.9 Å². The lowest BCUT2D eigenvalue weighted by molar-refractivity contribution is -0.115. The molecule has 1 N–H and O–H groups in total. The number of nitrogens with one attached hydrogen (secondary N) is 1. The van der Waals surface area contributed by atoms with Crippen molar-refractivity contribution in [3.05, 3.63) is 46.5 Å². The number of hydrogen-bond donors (Lipinski definition) is 1. The Hall–Kier alpha value is -3.09. The summed E-state index contributed by atoms with van der Waals surface area (Å²) in [7, 11) is 3.18. The van der Waals surface area contributed by atoms with Crippen LogP contribution in [0.15, 0.2) is 34.7 Å². The fourth-order valence-electron chi connectivity index (χ4n) is 3.67. The highest BCUT2D eigenvalue weighted by Gasteiger charge is 2.21. The number of thioether (sulfide) groups is 1. The van der Waals surface area contributed by atoms with E-state index < -0.39 is 5.25 Å². The summed E-state index contributed by atoms with van der Waals surface area (Å²) >= 11 is 2.66. The Morgan fingerprint density at radius 1 is 1.18 bits per heavy atom. The molecule has 2 heterocycles. The van der Waals surface area contributed by atoms with E-state index in [1.165, 1.54) is 23.1 Å². The molecule has 0 bridgehead atoms. The van der Waals surface area contributed by atoms with Crippen molar-refractivity contribution in [3.63, 3.8) is 0 Å². The number of anilines is 1. The molecule has 1 amide bonds. The van der Waals surface area contributed by atoms with Gasteiger partial charge in [-0.3, -0.25) is 4.79 Å². The number of methoxy groups -OCH3 is 2. The van der Waals surface area contributed by atoms with Gasteiger partial charge in [-0.05, 0) is 62.4 Å². The summed E-state index contributed by atoms with van der Waals surface area (Å²) in [5.74, 6) is 1.07. The molecule has 0 fully saturated rings. The Balaban J connectivity index is 1.45. The number of amides is 1. The van der Waals surface area contributed by atoms with E-state index in [2.05, 4.69) is 16.4 Å². The molecule has 1 aliphatic carbocycles. The average molecular weight is 481 g/mol. The van der Waals surface area contributed by atoms with Crippen LogP contribution in [0, 0.1) is 11.3 Å². The Labute approximate surface area is 201 Å². The highest BCUT2D eigenvalue weighted by Crippen LogP contribution is 2.34. The monoisotopic (exact) mass is 480 g/mol. The molecule has 0 aliphatic heterocycles. The Kier molecular flexibility index (Phi) is 7.16. The van der Waals surface area contributed by atoms with Gasteiger partial charge in [-0.25, -0.2) is 9.97 Å². The van der Waals surface area contributed by atoms with E-state index in [1.807, 2.05) is 36.6 Å².